The summed E-state index contributed by atoms with van der Waals surface area (Å²) in [6.45, 7) is 5.37. The topological polar surface area (TPSA) is 55.6 Å². The minimum atomic E-state index is 0.259. The molecular formula is C15H22ClN5. The summed E-state index contributed by atoms with van der Waals surface area (Å²) in [6, 6.07) is 0.456. The zero-order valence-electron chi connectivity index (χ0n) is 12.6. The summed E-state index contributed by atoms with van der Waals surface area (Å²) in [5.41, 5.74) is 1.65. The van der Waals surface area contributed by atoms with Crippen molar-refractivity contribution in [3.05, 3.63) is 11.6 Å². The Kier molecular flexibility index (Phi) is 4.29. The Morgan fingerprint density at radius 2 is 2.14 bits per heavy atom. The van der Waals surface area contributed by atoms with Gasteiger partial charge in [-0.2, -0.15) is 9.97 Å². The number of hydrogen-bond acceptors (Lipinski definition) is 4. The van der Waals surface area contributed by atoms with Crippen molar-refractivity contribution in [2.24, 2.45) is 5.92 Å². The van der Waals surface area contributed by atoms with E-state index in [-0.39, 0.29) is 5.28 Å². The Morgan fingerprint density at radius 3 is 2.90 bits per heavy atom. The summed E-state index contributed by atoms with van der Waals surface area (Å²) in [5.74, 6) is 1.49. The molecule has 0 radical (unpaired) electrons. The second-order valence-electron chi connectivity index (χ2n) is 5.96. The molecule has 0 bridgehead atoms. The number of aryl methyl sites for hydroxylation is 1. The molecule has 0 amide bonds. The lowest BCUT2D eigenvalue weighted by Crippen LogP contribution is -2.31. The van der Waals surface area contributed by atoms with Crippen LogP contribution >= 0.6 is 11.6 Å². The van der Waals surface area contributed by atoms with Crippen LogP contribution in [-0.4, -0.2) is 25.6 Å². The number of hydrogen-bond donors (Lipinski definition) is 1. The third kappa shape index (κ3) is 2.98. The van der Waals surface area contributed by atoms with Crippen LogP contribution in [0.2, 0.25) is 5.28 Å². The molecule has 6 heteroatoms. The molecular weight excluding hydrogens is 286 g/mol. The quantitative estimate of drug-likeness (QED) is 0.871. The van der Waals surface area contributed by atoms with Crippen molar-refractivity contribution in [2.45, 2.75) is 58.5 Å². The number of fused-ring (bicyclic) bond motifs is 1. The second-order valence-corrected chi connectivity index (χ2v) is 6.30. The first-order valence-electron chi connectivity index (χ1n) is 7.84. The smallest absolute Gasteiger partial charge is 0.226 e. The van der Waals surface area contributed by atoms with Crippen LogP contribution < -0.4 is 5.32 Å². The molecule has 1 fully saturated rings. The summed E-state index contributed by atoms with van der Waals surface area (Å²) >= 11 is 6.05. The van der Waals surface area contributed by atoms with Crippen molar-refractivity contribution in [3.63, 3.8) is 0 Å². The maximum atomic E-state index is 6.05. The summed E-state index contributed by atoms with van der Waals surface area (Å²) < 4.78 is 2.11. The van der Waals surface area contributed by atoms with Gasteiger partial charge in [0.05, 0.1) is 6.33 Å². The van der Waals surface area contributed by atoms with E-state index in [4.69, 9.17) is 11.6 Å². The number of nitrogens with zero attached hydrogens (tertiary/aromatic N) is 4. The molecule has 1 N–H and O–H groups in total. The molecule has 2 aromatic rings. The van der Waals surface area contributed by atoms with Gasteiger partial charge in [0.25, 0.3) is 0 Å². The molecule has 0 aromatic carbocycles. The fourth-order valence-corrected chi connectivity index (χ4v) is 3.33. The number of imidazole rings is 1. The Bertz CT molecular complexity index is 624. The molecule has 3 rings (SSSR count). The van der Waals surface area contributed by atoms with E-state index in [9.17, 15) is 0 Å². The van der Waals surface area contributed by atoms with E-state index in [1.54, 1.807) is 0 Å². The SMILES string of the molecule is CCCn1cnc2nc(Cl)nc(NC3CCCCC3C)c21. The molecule has 0 spiro atoms. The normalized spacial score (nSPS) is 22.6. The van der Waals surface area contributed by atoms with E-state index in [0.717, 1.165) is 24.3 Å². The summed E-state index contributed by atoms with van der Waals surface area (Å²) in [5, 5.41) is 3.86. The average Bonchev–Trinajstić information content (AvgIpc) is 2.85. The molecule has 1 saturated carbocycles. The van der Waals surface area contributed by atoms with E-state index in [1.165, 1.54) is 25.7 Å². The molecule has 2 unspecified atom stereocenters. The number of nitrogens with one attached hydrogen (secondary N) is 1. The predicted octanol–water partition coefficient (Wildman–Crippen LogP) is 3.88. The molecule has 1 aliphatic rings. The second kappa shape index (κ2) is 6.18. The van der Waals surface area contributed by atoms with E-state index < -0.39 is 0 Å². The zero-order valence-corrected chi connectivity index (χ0v) is 13.4. The van der Waals surface area contributed by atoms with Gasteiger partial charge < -0.3 is 9.88 Å². The molecule has 114 valence electrons. The van der Waals surface area contributed by atoms with Crippen LogP contribution in [0.15, 0.2) is 6.33 Å². The van der Waals surface area contributed by atoms with Gasteiger partial charge in [0.15, 0.2) is 11.5 Å². The van der Waals surface area contributed by atoms with Crippen LogP contribution in [0.1, 0.15) is 46.0 Å². The third-order valence-corrected chi connectivity index (χ3v) is 4.51. The lowest BCUT2D eigenvalue weighted by atomic mass is 9.86. The van der Waals surface area contributed by atoms with Crippen LogP contribution in [0.25, 0.3) is 11.2 Å². The maximum absolute atomic E-state index is 6.05. The van der Waals surface area contributed by atoms with Crippen molar-refractivity contribution in [1.29, 1.82) is 0 Å². The summed E-state index contributed by atoms with van der Waals surface area (Å²) in [7, 11) is 0. The molecule has 21 heavy (non-hydrogen) atoms. The monoisotopic (exact) mass is 307 g/mol. The number of aromatic nitrogens is 4. The van der Waals surface area contributed by atoms with Crippen molar-refractivity contribution in [3.8, 4) is 0 Å². The minimum Gasteiger partial charge on any atom is -0.365 e. The molecule has 0 saturated heterocycles. The van der Waals surface area contributed by atoms with Crippen LogP contribution in [0.4, 0.5) is 5.82 Å². The van der Waals surface area contributed by atoms with Gasteiger partial charge in [0, 0.05) is 12.6 Å². The fourth-order valence-electron chi connectivity index (χ4n) is 3.17. The highest BCUT2D eigenvalue weighted by molar-refractivity contribution is 6.28. The Balaban J connectivity index is 1.97. The molecule has 2 heterocycles. The molecule has 0 aliphatic heterocycles. The largest absolute Gasteiger partial charge is 0.365 e. The first-order valence-corrected chi connectivity index (χ1v) is 8.21. The number of anilines is 1. The highest BCUT2D eigenvalue weighted by atomic mass is 35.5. The highest BCUT2D eigenvalue weighted by Gasteiger charge is 2.23. The van der Waals surface area contributed by atoms with Gasteiger partial charge in [0.2, 0.25) is 5.28 Å². The number of halogens is 1. The van der Waals surface area contributed by atoms with Crippen molar-refractivity contribution < 1.29 is 0 Å². The van der Waals surface area contributed by atoms with Gasteiger partial charge in [-0.15, -0.1) is 0 Å². The molecule has 5 nitrogen and oxygen atoms in total. The van der Waals surface area contributed by atoms with Crippen LogP contribution in [-0.2, 0) is 6.54 Å². The minimum absolute atomic E-state index is 0.259. The molecule has 2 atom stereocenters. The summed E-state index contributed by atoms with van der Waals surface area (Å²) in [6.07, 6.45) is 7.94. The Labute approximate surface area is 130 Å². The standard InChI is InChI=1S/C15H22ClN5/c1-3-8-21-9-17-13-12(21)14(20-15(16)19-13)18-11-7-5-4-6-10(11)2/h9-11H,3-8H2,1-2H3,(H,18,19,20). The lowest BCUT2D eigenvalue weighted by Gasteiger charge is -2.30. The average molecular weight is 308 g/mol. The van der Waals surface area contributed by atoms with Crippen LogP contribution in [0, 0.1) is 5.92 Å². The van der Waals surface area contributed by atoms with Crippen molar-refractivity contribution in [2.75, 3.05) is 5.32 Å². The first kappa shape index (κ1) is 14.6. The maximum Gasteiger partial charge on any atom is 0.226 e. The van der Waals surface area contributed by atoms with Crippen molar-refractivity contribution >= 4 is 28.6 Å². The van der Waals surface area contributed by atoms with Crippen molar-refractivity contribution in [1.82, 2.24) is 19.5 Å². The van der Waals surface area contributed by atoms with Gasteiger partial charge in [-0.25, -0.2) is 4.98 Å². The number of rotatable bonds is 4. The predicted molar refractivity (Wildman–Crippen MR) is 85.7 cm³/mol. The van der Waals surface area contributed by atoms with E-state index in [2.05, 4.69) is 38.7 Å². The van der Waals surface area contributed by atoms with Gasteiger partial charge in [-0.3, -0.25) is 0 Å². The third-order valence-electron chi connectivity index (χ3n) is 4.34. The Morgan fingerprint density at radius 1 is 1.33 bits per heavy atom. The highest BCUT2D eigenvalue weighted by Crippen LogP contribution is 2.29. The molecule has 2 aromatic heterocycles. The van der Waals surface area contributed by atoms with Gasteiger partial charge in [0.1, 0.15) is 5.52 Å². The van der Waals surface area contributed by atoms with Gasteiger partial charge in [-0.05, 0) is 36.8 Å². The summed E-state index contributed by atoms with van der Waals surface area (Å²) in [4.78, 5) is 13.0. The van der Waals surface area contributed by atoms with E-state index >= 15 is 0 Å². The van der Waals surface area contributed by atoms with Gasteiger partial charge in [-0.1, -0.05) is 26.7 Å². The zero-order chi connectivity index (χ0) is 14.8. The fraction of sp³-hybridized carbons (Fsp3) is 0.667. The van der Waals surface area contributed by atoms with E-state index in [0.29, 0.717) is 17.6 Å². The van der Waals surface area contributed by atoms with Crippen LogP contribution in [0.5, 0.6) is 0 Å². The van der Waals surface area contributed by atoms with Crippen LogP contribution in [0.3, 0.4) is 0 Å². The Hall–Kier alpha value is -1.36. The van der Waals surface area contributed by atoms with Gasteiger partial charge >= 0.3 is 0 Å². The first-order chi connectivity index (χ1) is 10.2. The van der Waals surface area contributed by atoms with E-state index in [1.807, 2.05) is 6.33 Å². The lowest BCUT2D eigenvalue weighted by molar-refractivity contribution is 0.349. The molecule has 1 aliphatic carbocycles.